The largest absolute Gasteiger partial charge is 0.493 e. The van der Waals surface area contributed by atoms with Crippen LogP contribution in [-0.4, -0.2) is 42.2 Å². The molecular weight excluding hydrogens is 413 g/mol. The van der Waals surface area contributed by atoms with Gasteiger partial charge in [0, 0.05) is 5.56 Å². The van der Waals surface area contributed by atoms with Gasteiger partial charge in [-0.1, -0.05) is 17.3 Å². The van der Waals surface area contributed by atoms with Crippen molar-refractivity contribution >= 4 is 5.95 Å². The van der Waals surface area contributed by atoms with Crippen molar-refractivity contribution in [3.63, 3.8) is 0 Å². The molecule has 0 aliphatic rings. The van der Waals surface area contributed by atoms with Crippen molar-refractivity contribution in [2.75, 3.05) is 12.8 Å². The number of aliphatic hydroxyl groups is 1. The highest BCUT2D eigenvalue weighted by Gasteiger charge is 2.18. The van der Waals surface area contributed by atoms with E-state index in [-0.39, 0.29) is 11.7 Å². The lowest BCUT2D eigenvalue weighted by molar-refractivity contribution is 0.0736. The molecule has 0 radical (unpaired) electrons. The summed E-state index contributed by atoms with van der Waals surface area (Å²) in [5, 5.41) is 18.5. The normalized spacial score (nSPS) is 11.5. The molecule has 0 amide bonds. The molecule has 9 nitrogen and oxygen atoms in total. The van der Waals surface area contributed by atoms with Crippen LogP contribution in [0.5, 0.6) is 5.75 Å². The van der Waals surface area contributed by atoms with Crippen LogP contribution < -0.4 is 10.5 Å². The Hall–Kier alpha value is -3.92. The minimum atomic E-state index is -1.05. The summed E-state index contributed by atoms with van der Waals surface area (Å²) in [5.41, 5.74) is 7.89. The SMILES string of the molecule is COc1c(F)cccc1-c1cc(-c2cn(Cc3cccc(C(C)(C)O)n3)nn2)nc(N)n1. The molecule has 0 fully saturated rings. The van der Waals surface area contributed by atoms with E-state index in [1.165, 1.54) is 13.2 Å². The quantitative estimate of drug-likeness (QED) is 0.474. The molecule has 0 saturated carbocycles. The molecule has 0 bridgehead atoms. The maximum atomic E-state index is 14.1. The number of nitrogens with zero attached hydrogens (tertiary/aromatic N) is 6. The van der Waals surface area contributed by atoms with Crippen LogP contribution in [0.4, 0.5) is 10.3 Å². The Kier molecular flexibility index (Phi) is 5.54. The Balaban J connectivity index is 1.65. The molecule has 0 spiro atoms. The van der Waals surface area contributed by atoms with Gasteiger partial charge in [-0.25, -0.2) is 19.0 Å². The van der Waals surface area contributed by atoms with Crippen LogP contribution in [0.1, 0.15) is 25.2 Å². The monoisotopic (exact) mass is 435 g/mol. The van der Waals surface area contributed by atoms with Crippen molar-refractivity contribution in [1.29, 1.82) is 0 Å². The number of rotatable bonds is 6. The van der Waals surface area contributed by atoms with Gasteiger partial charge in [0.25, 0.3) is 0 Å². The summed E-state index contributed by atoms with van der Waals surface area (Å²) in [6.07, 6.45) is 1.70. The highest BCUT2D eigenvalue weighted by atomic mass is 19.1. The Morgan fingerprint density at radius 1 is 1.06 bits per heavy atom. The first kappa shape index (κ1) is 21.3. The number of methoxy groups -OCH3 is 1. The molecule has 4 aromatic rings. The second-order valence-electron chi connectivity index (χ2n) is 7.69. The fourth-order valence-corrected chi connectivity index (χ4v) is 3.22. The van der Waals surface area contributed by atoms with Crippen molar-refractivity contribution < 1.29 is 14.2 Å². The van der Waals surface area contributed by atoms with Crippen LogP contribution in [-0.2, 0) is 12.1 Å². The predicted octanol–water partition coefficient (Wildman–Crippen LogP) is 2.80. The molecule has 4 rings (SSSR count). The topological polar surface area (TPSA) is 125 Å². The van der Waals surface area contributed by atoms with E-state index < -0.39 is 11.4 Å². The van der Waals surface area contributed by atoms with E-state index in [0.29, 0.717) is 40.6 Å². The summed E-state index contributed by atoms with van der Waals surface area (Å²) in [7, 11) is 1.39. The van der Waals surface area contributed by atoms with Gasteiger partial charge < -0.3 is 15.6 Å². The number of para-hydroxylation sites is 1. The third-order valence-corrected chi connectivity index (χ3v) is 4.75. The number of nitrogen functional groups attached to an aromatic ring is 1. The predicted molar refractivity (Wildman–Crippen MR) is 116 cm³/mol. The summed E-state index contributed by atoms with van der Waals surface area (Å²) in [6, 6.07) is 11.6. The molecule has 0 unspecified atom stereocenters. The summed E-state index contributed by atoms with van der Waals surface area (Å²) >= 11 is 0. The molecule has 3 heterocycles. The van der Waals surface area contributed by atoms with E-state index in [1.807, 2.05) is 12.1 Å². The zero-order valence-corrected chi connectivity index (χ0v) is 17.8. The molecule has 3 aromatic heterocycles. The van der Waals surface area contributed by atoms with Gasteiger partial charge in [-0.05, 0) is 44.2 Å². The van der Waals surface area contributed by atoms with Crippen LogP contribution in [0.15, 0.2) is 48.7 Å². The maximum absolute atomic E-state index is 14.1. The second kappa shape index (κ2) is 8.31. The minimum absolute atomic E-state index is 0.0120. The van der Waals surface area contributed by atoms with Crippen molar-refractivity contribution in [2.45, 2.75) is 26.0 Å². The number of halogens is 1. The lowest BCUT2D eigenvalue weighted by Gasteiger charge is -2.17. The number of nitrogens with two attached hydrogens (primary N) is 1. The molecule has 0 atom stereocenters. The Labute approximate surface area is 183 Å². The first-order valence-electron chi connectivity index (χ1n) is 9.81. The summed E-state index contributed by atoms with van der Waals surface area (Å²) in [4.78, 5) is 12.9. The first-order valence-corrected chi connectivity index (χ1v) is 9.81. The van der Waals surface area contributed by atoms with Crippen LogP contribution in [0.3, 0.4) is 0 Å². The van der Waals surface area contributed by atoms with E-state index in [1.54, 1.807) is 49.0 Å². The Morgan fingerprint density at radius 3 is 2.56 bits per heavy atom. The van der Waals surface area contributed by atoms with Crippen molar-refractivity contribution in [1.82, 2.24) is 29.9 Å². The smallest absolute Gasteiger partial charge is 0.221 e. The van der Waals surface area contributed by atoms with E-state index in [4.69, 9.17) is 10.5 Å². The van der Waals surface area contributed by atoms with Crippen molar-refractivity contribution in [3.05, 3.63) is 65.9 Å². The third-order valence-electron chi connectivity index (χ3n) is 4.75. The molecule has 0 aliphatic carbocycles. The van der Waals surface area contributed by atoms with Gasteiger partial charge in [-0.15, -0.1) is 5.10 Å². The summed E-state index contributed by atoms with van der Waals surface area (Å²) in [6.45, 7) is 3.71. The summed E-state index contributed by atoms with van der Waals surface area (Å²) in [5.74, 6) is -0.425. The number of anilines is 1. The van der Waals surface area contributed by atoms with E-state index in [9.17, 15) is 9.50 Å². The number of aromatic nitrogens is 6. The molecule has 0 saturated heterocycles. The van der Waals surface area contributed by atoms with Gasteiger partial charge in [-0.3, -0.25) is 4.98 Å². The van der Waals surface area contributed by atoms with Gasteiger partial charge in [-0.2, -0.15) is 0 Å². The van der Waals surface area contributed by atoms with Crippen LogP contribution >= 0.6 is 0 Å². The van der Waals surface area contributed by atoms with Gasteiger partial charge in [0.1, 0.15) is 11.3 Å². The van der Waals surface area contributed by atoms with Crippen LogP contribution in [0.25, 0.3) is 22.6 Å². The second-order valence-corrected chi connectivity index (χ2v) is 7.69. The molecule has 1 aromatic carbocycles. The lowest BCUT2D eigenvalue weighted by Crippen LogP contribution is -2.18. The first-order chi connectivity index (χ1) is 15.2. The van der Waals surface area contributed by atoms with Crippen LogP contribution in [0, 0.1) is 5.82 Å². The zero-order valence-electron chi connectivity index (χ0n) is 17.8. The Bertz CT molecular complexity index is 1270. The van der Waals surface area contributed by atoms with Crippen LogP contribution in [0.2, 0.25) is 0 Å². The molecule has 0 aliphatic heterocycles. The molecule has 32 heavy (non-hydrogen) atoms. The molecule has 10 heteroatoms. The fourth-order valence-electron chi connectivity index (χ4n) is 3.22. The Morgan fingerprint density at radius 2 is 1.81 bits per heavy atom. The number of pyridine rings is 1. The summed E-state index contributed by atoms with van der Waals surface area (Å²) < 4.78 is 20.9. The zero-order chi connectivity index (χ0) is 22.9. The average molecular weight is 435 g/mol. The van der Waals surface area contributed by atoms with Crippen molar-refractivity contribution in [2.24, 2.45) is 0 Å². The van der Waals surface area contributed by atoms with E-state index in [2.05, 4.69) is 25.3 Å². The minimum Gasteiger partial charge on any atom is -0.493 e. The van der Waals surface area contributed by atoms with Crippen molar-refractivity contribution in [3.8, 4) is 28.4 Å². The standard InChI is InChI=1S/C22H22FN7O2/c1-22(2,31)19-9-4-6-13(25-19)11-30-12-18(28-29-30)17-10-16(26-21(24)27-17)14-7-5-8-15(23)20(14)32-3/h4-10,12,31H,11H2,1-3H3,(H2,24,26,27). The van der Waals surface area contributed by atoms with Gasteiger partial charge in [0.05, 0.1) is 42.6 Å². The molecule has 3 N–H and O–H groups in total. The number of hydrogen-bond acceptors (Lipinski definition) is 8. The third kappa shape index (κ3) is 4.40. The lowest BCUT2D eigenvalue weighted by atomic mass is 10.0. The highest BCUT2D eigenvalue weighted by Crippen LogP contribution is 2.32. The fraction of sp³-hybridized carbons (Fsp3) is 0.227. The van der Waals surface area contributed by atoms with E-state index >= 15 is 0 Å². The van der Waals surface area contributed by atoms with Gasteiger partial charge in [0.2, 0.25) is 5.95 Å². The number of hydrogen-bond donors (Lipinski definition) is 2. The number of ether oxygens (including phenoxy) is 1. The average Bonchev–Trinajstić information content (AvgIpc) is 3.21. The molecular formula is C22H22FN7O2. The maximum Gasteiger partial charge on any atom is 0.221 e. The number of benzene rings is 1. The van der Waals surface area contributed by atoms with Gasteiger partial charge in [0.15, 0.2) is 11.6 Å². The van der Waals surface area contributed by atoms with E-state index in [0.717, 1.165) is 0 Å². The highest BCUT2D eigenvalue weighted by molar-refractivity contribution is 5.72. The van der Waals surface area contributed by atoms with Gasteiger partial charge >= 0.3 is 0 Å². The molecule has 164 valence electrons.